The second-order valence-corrected chi connectivity index (χ2v) is 4.18. The molecule has 0 saturated heterocycles. The zero-order valence-corrected chi connectivity index (χ0v) is 10.5. The van der Waals surface area contributed by atoms with Crippen molar-refractivity contribution in [3.05, 3.63) is 0 Å². The molecule has 0 radical (unpaired) electrons. The first-order valence-electron chi connectivity index (χ1n) is 6.63. The Kier molecular flexibility index (Phi) is 14.0. The Balaban J connectivity index is 2.86. The standard InChI is InChI=1S/C14H27NO/c1-2-3-4-5-6-7-8-9-10-11-13-16-14-12-15/h1H,3-15H2. The highest BCUT2D eigenvalue weighted by Gasteiger charge is 1.92. The van der Waals surface area contributed by atoms with Crippen molar-refractivity contribution in [3.63, 3.8) is 0 Å². The Hall–Kier alpha value is -0.520. The highest BCUT2D eigenvalue weighted by Crippen LogP contribution is 2.09. The fraction of sp³-hybridized carbons (Fsp3) is 0.857. The Morgan fingerprint density at radius 2 is 1.38 bits per heavy atom. The van der Waals surface area contributed by atoms with E-state index in [0.29, 0.717) is 13.2 Å². The molecule has 0 aliphatic carbocycles. The number of hydrogen-bond acceptors (Lipinski definition) is 2. The van der Waals surface area contributed by atoms with Gasteiger partial charge in [0.05, 0.1) is 6.61 Å². The number of unbranched alkanes of at least 4 members (excludes halogenated alkanes) is 8. The molecule has 0 aromatic heterocycles. The van der Waals surface area contributed by atoms with Crippen molar-refractivity contribution in [2.45, 2.75) is 57.8 Å². The molecule has 2 heteroatoms. The summed E-state index contributed by atoms with van der Waals surface area (Å²) in [5.74, 6) is 2.68. The minimum Gasteiger partial charge on any atom is -0.380 e. The van der Waals surface area contributed by atoms with E-state index in [1.807, 2.05) is 0 Å². The molecule has 0 unspecified atom stereocenters. The molecule has 0 aromatic rings. The minimum atomic E-state index is 0.637. The molecule has 0 bridgehead atoms. The van der Waals surface area contributed by atoms with E-state index in [4.69, 9.17) is 16.9 Å². The summed E-state index contributed by atoms with van der Waals surface area (Å²) in [6, 6.07) is 0. The van der Waals surface area contributed by atoms with Crippen LogP contribution in [0.15, 0.2) is 0 Å². The van der Waals surface area contributed by atoms with Gasteiger partial charge in [0.2, 0.25) is 0 Å². The average molecular weight is 225 g/mol. The van der Waals surface area contributed by atoms with Gasteiger partial charge in [-0.15, -0.1) is 12.3 Å². The quantitative estimate of drug-likeness (QED) is 0.409. The molecule has 0 spiro atoms. The first kappa shape index (κ1) is 15.5. The number of ether oxygens (including phenoxy) is 1. The highest BCUT2D eigenvalue weighted by atomic mass is 16.5. The van der Waals surface area contributed by atoms with Gasteiger partial charge in [0.1, 0.15) is 0 Å². The third-order valence-electron chi connectivity index (χ3n) is 2.62. The van der Waals surface area contributed by atoms with Crippen LogP contribution in [-0.2, 0) is 4.74 Å². The van der Waals surface area contributed by atoms with Crippen LogP contribution in [0.1, 0.15) is 57.8 Å². The molecule has 0 saturated carbocycles. The van der Waals surface area contributed by atoms with Crippen LogP contribution in [0.25, 0.3) is 0 Å². The number of terminal acetylenes is 1. The molecule has 2 N–H and O–H groups in total. The van der Waals surface area contributed by atoms with E-state index in [1.165, 1.54) is 51.4 Å². The van der Waals surface area contributed by atoms with Crippen LogP contribution < -0.4 is 5.73 Å². The summed E-state index contributed by atoms with van der Waals surface area (Å²) in [6.07, 6.45) is 16.5. The molecule has 0 rings (SSSR count). The molecule has 0 fully saturated rings. The van der Waals surface area contributed by atoms with Crippen LogP contribution in [0.3, 0.4) is 0 Å². The molecule has 2 nitrogen and oxygen atoms in total. The Morgan fingerprint density at radius 1 is 0.812 bits per heavy atom. The third kappa shape index (κ3) is 13.5. The first-order valence-corrected chi connectivity index (χ1v) is 6.63. The molecule has 0 aromatic carbocycles. The average Bonchev–Trinajstić information content (AvgIpc) is 2.31. The van der Waals surface area contributed by atoms with Crippen LogP contribution in [0.2, 0.25) is 0 Å². The fourth-order valence-electron chi connectivity index (χ4n) is 1.68. The molecular formula is C14H27NO. The van der Waals surface area contributed by atoms with Crippen LogP contribution in [-0.4, -0.2) is 19.8 Å². The second-order valence-electron chi connectivity index (χ2n) is 4.18. The van der Waals surface area contributed by atoms with Gasteiger partial charge in [-0.25, -0.2) is 0 Å². The third-order valence-corrected chi connectivity index (χ3v) is 2.62. The molecule has 0 heterocycles. The Morgan fingerprint density at radius 3 is 1.94 bits per heavy atom. The van der Waals surface area contributed by atoms with Crippen molar-refractivity contribution >= 4 is 0 Å². The summed E-state index contributed by atoms with van der Waals surface area (Å²) in [7, 11) is 0. The lowest BCUT2D eigenvalue weighted by Gasteiger charge is -2.03. The van der Waals surface area contributed by atoms with Gasteiger partial charge < -0.3 is 10.5 Å². The summed E-state index contributed by atoms with van der Waals surface area (Å²) < 4.78 is 5.31. The van der Waals surface area contributed by atoms with Gasteiger partial charge in [0, 0.05) is 19.6 Å². The Labute approximate surface area is 101 Å². The van der Waals surface area contributed by atoms with Crippen LogP contribution in [0.5, 0.6) is 0 Å². The van der Waals surface area contributed by atoms with Gasteiger partial charge >= 0.3 is 0 Å². The van der Waals surface area contributed by atoms with Crippen molar-refractivity contribution in [2.75, 3.05) is 19.8 Å². The van der Waals surface area contributed by atoms with Crippen LogP contribution in [0.4, 0.5) is 0 Å². The van der Waals surface area contributed by atoms with Gasteiger partial charge in [-0.1, -0.05) is 38.5 Å². The van der Waals surface area contributed by atoms with E-state index in [-0.39, 0.29) is 0 Å². The number of nitrogens with two attached hydrogens (primary N) is 1. The van der Waals surface area contributed by atoms with Gasteiger partial charge in [-0.3, -0.25) is 0 Å². The van der Waals surface area contributed by atoms with Gasteiger partial charge in [-0.2, -0.15) is 0 Å². The summed E-state index contributed by atoms with van der Waals surface area (Å²) in [6.45, 7) is 2.21. The van der Waals surface area contributed by atoms with Crippen molar-refractivity contribution in [1.82, 2.24) is 0 Å². The van der Waals surface area contributed by atoms with Gasteiger partial charge in [0.15, 0.2) is 0 Å². The predicted octanol–water partition coefficient (Wildman–Crippen LogP) is 3.11. The minimum absolute atomic E-state index is 0.637. The summed E-state index contributed by atoms with van der Waals surface area (Å²) in [5.41, 5.74) is 5.32. The van der Waals surface area contributed by atoms with Crippen molar-refractivity contribution in [3.8, 4) is 12.3 Å². The van der Waals surface area contributed by atoms with E-state index in [9.17, 15) is 0 Å². The lowest BCUT2D eigenvalue weighted by Crippen LogP contribution is -2.08. The molecule has 0 aliphatic rings. The lowest BCUT2D eigenvalue weighted by molar-refractivity contribution is 0.137. The summed E-state index contributed by atoms with van der Waals surface area (Å²) >= 11 is 0. The topological polar surface area (TPSA) is 35.2 Å². The van der Waals surface area contributed by atoms with Crippen LogP contribution >= 0.6 is 0 Å². The SMILES string of the molecule is C#CCCCCCCCCCCOCCN. The van der Waals surface area contributed by atoms with E-state index in [2.05, 4.69) is 5.92 Å². The summed E-state index contributed by atoms with van der Waals surface area (Å²) in [4.78, 5) is 0. The maximum absolute atomic E-state index is 5.32. The van der Waals surface area contributed by atoms with Crippen molar-refractivity contribution < 1.29 is 4.74 Å². The van der Waals surface area contributed by atoms with Crippen molar-refractivity contribution in [2.24, 2.45) is 5.73 Å². The van der Waals surface area contributed by atoms with Crippen LogP contribution in [0, 0.1) is 12.3 Å². The predicted molar refractivity (Wildman–Crippen MR) is 70.3 cm³/mol. The normalized spacial score (nSPS) is 10.2. The fourth-order valence-corrected chi connectivity index (χ4v) is 1.68. The van der Waals surface area contributed by atoms with E-state index >= 15 is 0 Å². The highest BCUT2D eigenvalue weighted by molar-refractivity contribution is 4.82. The lowest BCUT2D eigenvalue weighted by atomic mass is 10.1. The van der Waals surface area contributed by atoms with E-state index in [1.54, 1.807) is 0 Å². The molecule has 0 atom stereocenters. The molecular weight excluding hydrogens is 198 g/mol. The largest absolute Gasteiger partial charge is 0.380 e. The second kappa shape index (κ2) is 14.5. The van der Waals surface area contributed by atoms with Gasteiger partial charge in [0.25, 0.3) is 0 Å². The maximum Gasteiger partial charge on any atom is 0.0588 e. The maximum atomic E-state index is 5.32. The zero-order valence-electron chi connectivity index (χ0n) is 10.5. The molecule has 0 amide bonds. The van der Waals surface area contributed by atoms with E-state index in [0.717, 1.165) is 13.0 Å². The number of rotatable bonds is 12. The molecule has 0 aliphatic heterocycles. The smallest absolute Gasteiger partial charge is 0.0588 e. The molecule has 16 heavy (non-hydrogen) atoms. The van der Waals surface area contributed by atoms with Gasteiger partial charge in [-0.05, 0) is 12.8 Å². The number of hydrogen-bond donors (Lipinski definition) is 1. The Bertz CT molecular complexity index is 163. The molecule has 94 valence electrons. The van der Waals surface area contributed by atoms with E-state index < -0.39 is 0 Å². The van der Waals surface area contributed by atoms with Crippen molar-refractivity contribution in [1.29, 1.82) is 0 Å². The monoisotopic (exact) mass is 225 g/mol. The summed E-state index contributed by atoms with van der Waals surface area (Å²) in [5, 5.41) is 0. The zero-order chi connectivity index (χ0) is 11.9. The first-order chi connectivity index (χ1) is 7.91.